The fourth-order valence-corrected chi connectivity index (χ4v) is 0.865. The monoisotopic (exact) mass is 143 g/mol. The van der Waals surface area contributed by atoms with E-state index < -0.39 is 0 Å². The van der Waals surface area contributed by atoms with Gasteiger partial charge in [0.1, 0.15) is 0 Å². The Bertz CT molecular complexity index is 110. The van der Waals surface area contributed by atoms with Crippen LogP contribution < -0.4 is 5.73 Å². The standard InChI is InChI=1S/C8H17NO/c1-7(5-9)4-8(2)6-10-3/h4,8H,5-6,9H2,1-3H3/b7-4-. The van der Waals surface area contributed by atoms with Crippen molar-refractivity contribution in [2.75, 3.05) is 20.3 Å². The summed E-state index contributed by atoms with van der Waals surface area (Å²) in [5.41, 5.74) is 6.63. The molecule has 0 amide bonds. The highest BCUT2D eigenvalue weighted by molar-refractivity contribution is 5.01. The van der Waals surface area contributed by atoms with Crippen molar-refractivity contribution in [2.24, 2.45) is 11.7 Å². The van der Waals surface area contributed by atoms with Crippen LogP contribution in [0.1, 0.15) is 13.8 Å². The Labute approximate surface area is 63.1 Å². The summed E-state index contributed by atoms with van der Waals surface area (Å²) in [6.07, 6.45) is 2.14. The summed E-state index contributed by atoms with van der Waals surface area (Å²) in [4.78, 5) is 0. The molecule has 0 saturated carbocycles. The summed E-state index contributed by atoms with van der Waals surface area (Å²) in [6, 6.07) is 0. The molecule has 0 spiro atoms. The van der Waals surface area contributed by atoms with Gasteiger partial charge in [-0.15, -0.1) is 0 Å². The first-order chi connectivity index (χ1) is 4.70. The molecule has 0 aliphatic carbocycles. The lowest BCUT2D eigenvalue weighted by molar-refractivity contribution is 0.176. The molecule has 0 radical (unpaired) electrons. The molecule has 0 rings (SSSR count). The van der Waals surface area contributed by atoms with Crippen molar-refractivity contribution in [2.45, 2.75) is 13.8 Å². The molecule has 0 aromatic carbocycles. The third-order valence-corrected chi connectivity index (χ3v) is 1.32. The number of rotatable bonds is 4. The molecular weight excluding hydrogens is 126 g/mol. The van der Waals surface area contributed by atoms with Crippen molar-refractivity contribution in [1.82, 2.24) is 0 Å². The Morgan fingerprint density at radius 1 is 1.70 bits per heavy atom. The Morgan fingerprint density at radius 2 is 2.30 bits per heavy atom. The number of nitrogens with two attached hydrogens (primary N) is 1. The molecule has 60 valence electrons. The van der Waals surface area contributed by atoms with Crippen LogP contribution >= 0.6 is 0 Å². The average Bonchev–Trinajstić information content (AvgIpc) is 1.88. The smallest absolute Gasteiger partial charge is 0.0522 e. The minimum Gasteiger partial charge on any atom is -0.384 e. The number of hydrogen-bond acceptors (Lipinski definition) is 2. The molecule has 0 aromatic rings. The predicted octanol–water partition coefficient (Wildman–Crippen LogP) is 1.17. The van der Waals surface area contributed by atoms with Gasteiger partial charge in [-0.3, -0.25) is 0 Å². The van der Waals surface area contributed by atoms with Crippen molar-refractivity contribution in [3.8, 4) is 0 Å². The molecule has 1 unspecified atom stereocenters. The van der Waals surface area contributed by atoms with E-state index in [-0.39, 0.29) is 0 Å². The van der Waals surface area contributed by atoms with Crippen LogP contribution in [0.25, 0.3) is 0 Å². The van der Waals surface area contributed by atoms with Gasteiger partial charge < -0.3 is 10.5 Å². The molecule has 0 bridgehead atoms. The summed E-state index contributed by atoms with van der Waals surface area (Å²) in [6.45, 7) is 5.57. The Morgan fingerprint density at radius 3 is 2.70 bits per heavy atom. The van der Waals surface area contributed by atoms with E-state index in [2.05, 4.69) is 13.0 Å². The van der Waals surface area contributed by atoms with E-state index in [1.807, 2.05) is 6.92 Å². The third kappa shape index (κ3) is 4.53. The van der Waals surface area contributed by atoms with Gasteiger partial charge in [0.2, 0.25) is 0 Å². The van der Waals surface area contributed by atoms with Crippen LogP contribution in [0.4, 0.5) is 0 Å². The van der Waals surface area contributed by atoms with Crippen LogP contribution in [0.15, 0.2) is 11.6 Å². The molecule has 2 N–H and O–H groups in total. The van der Waals surface area contributed by atoms with Crippen molar-refractivity contribution in [3.63, 3.8) is 0 Å². The van der Waals surface area contributed by atoms with Crippen LogP contribution in [0.2, 0.25) is 0 Å². The summed E-state index contributed by atoms with van der Waals surface area (Å²) in [7, 11) is 1.71. The first-order valence-electron chi connectivity index (χ1n) is 3.57. The Balaban J connectivity index is 3.62. The van der Waals surface area contributed by atoms with E-state index in [0.717, 1.165) is 6.61 Å². The normalized spacial score (nSPS) is 15.4. The second kappa shape index (κ2) is 5.45. The molecule has 10 heavy (non-hydrogen) atoms. The zero-order valence-electron chi connectivity index (χ0n) is 7.05. The van der Waals surface area contributed by atoms with E-state index in [1.165, 1.54) is 5.57 Å². The fourth-order valence-electron chi connectivity index (χ4n) is 0.865. The summed E-state index contributed by atoms with van der Waals surface area (Å²) in [5.74, 6) is 0.480. The van der Waals surface area contributed by atoms with Gasteiger partial charge in [-0.25, -0.2) is 0 Å². The number of hydrogen-bond donors (Lipinski definition) is 1. The largest absolute Gasteiger partial charge is 0.384 e. The Hall–Kier alpha value is -0.340. The number of ether oxygens (including phenoxy) is 1. The van der Waals surface area contributed by atoms with Crippen LogP contribution in [0.5, 0.6) is 0 Å². The molecule has 0 saturated heterocycles. The minimum atomic E-state index is 0.480. The highest BCUT2D eigenvalue weighted by Gasteiger charge is 1.95. The van der Waals surface area contributed by atoms with Gasteiger partial charge in [-0.2, -0.15) is 0 Å². The van der Waals surface area contributed by atoms with Gasteiger partial charge >= 0.3 is 0 Å². The van der Waals surface area contributed by atoms with E-state index in [0.29, 0.717) is 12.5 Å². The van der Waals surface area contributed by atoms with E-state index in [1.54, 1.807) is 7.11 Å². The highest BCUT2D eigenvalue weighted by atomic mass is 16.5. The first-order valence-corrected chi connectivity index (χ1v) is 3.57. The molecule has 2 heteroatoms. The zero-order valence-corrected chi connectivity index (χ0v) is 7.05. The maximum atomic E-state index is 5.41. The number of methoxy groups -OCH3 is 1. The van der Waals surface area contributed by atoms with Crippen LogP contribution in [0.3, 0.4) is 0 Å². The summed E-state index contributed by atoms with van der Waals surface area (Å²) in [5, 5.41) is 0. The SMILES string of the molecule is COCC(C)/C=C(/C)CN. The minimum absolute atomic E-state index is 0.480. The highest BCUT2D eigenvalue weighted by Crippen LogP contribution is 2.01. The van der Waals surface area contributed by atoms with Crippen molar-refractivity contribution in [1.29, 1.82) is 0 Å². The predicted molar refractivity (Wildman–Crippen MR) is 43.9 cm³/mol. The lowest BCUT2D eigenvalue weighted by Gasteiger charge is -2.04. The molecule has 0 aliphatic rings. The van der Waals surface area contributed by atoms with Crippen LogP contribution in [-0.4, -0.2) is 20.3 Å². The second-order valence-corrected chi connectivity index (χ2v) is 2.65. The third-order valence-electron chi connectivity index (χ3n) is 1.32. The molecule has 0 aliphatic heterocycles. The van der Waals surface area contributed by atoms with E-state index >= 15 is 0 Å². The second-order valence-electron chi connectivity index (χ2n) is 2.65. The lowest BCUT2D eigenvalue weighted by atomic mass is 10.1. The van der Waals surface area contributed by atoms with Gasteiger partial charge in [-0.1, -0.05) is 18.6 Å². The van der Waals surface area contributed by atoms with E-state index in [9.17, 15) is 0 Å². The molecular formula is C8H17NO. The topological polar surface area (TPSA) is 35.2 Å². The molecule has 0 fully saturated rings. The molecule has 1 atom stereocenters. The van der Waals surface area contributed by atoms with Crippen molar-refractivity contribution in [3.05, 3.63) is 11.6 Å². The summed E-state index contributed by atoms with van der Waals surface area (Å²) >= 11 is 0. The zero-order chi connectivity index (χ0) is 7.98. The maximum absolute atomic E-state index is 5.41. The van der Waals surface area contributed by atoms with Gasteiger partial charge in [0.25, 0.3) is 0 Å². The van der Waals surface area contributed by atoms with Gasteiger partial charge in [0, 0.05) is 13.7 Å². The van der Waals surface area contributed by atoms with E-state index in [4.69, 9.17) is 10.5 Å². The maximum Gasteiger partial charge on any atom is 0.0522 e. The van der Waals surface area contributed by atoms with Crippen LogP contribution in [-0.2, 0) is 4.74 Å². The lowest BCUT2D eigenvalue weighted by Crippen LogP contribution is -2.05. The molecule has 0 heterocycles. The van der Waals surface area contributed by atoms with Gasteiger partial charge in [0.15, 0.2) is 0 Å². The molecule has 0 aromatic heterocycles. The van der Waals surface area contributed by atoms with Crippen molar-refractivity contribution < 1.29 is 4.74 Å². The fraction of sp³-hybridized carbons (Fsp3) is 0.750. The van der Waals surface area contributed by atoms with Crippen molar-refractivity contribution >= 4 is 0 Å². The quantitative estimate of drug-likeness (QED) is 0.600. The summed E-state index contributed by atoms with van der Waals surface area (Å²) < 4.78 is 4.96. The Kier molecular flexibility index (Phi) is 5.26. The first kappa shape index (κ1) is 9.66. The average molecular weight is 143 g/mol. The molecule has 2 nitrogen and oxygen atoms in total. The van der Waals surface area contributed by atoms with Crippen LogP contribution in [0, 0.1) is 5.92 Å². The van der Waals surface area contributed by atoms with Gasteiger partial charge in [-0.05, 0) is 12.8 Å². The van der Waals surface area contributed by atoms with Gasteiger partial charge in [0.05, 0.1) is 6.61 Å².